The molecule has 1 aromatic carbocycles. The van der Waals surface area contributed by atoms with Crippen LogP contribution >= 0.6 is 0 Å². The topological polar surface area (TPSA) is 130 Å². The average Bonchev–Trinajstić information content (AvgIpc) is 2.58. The fraction of sp³-hybridized carbons (Fsp3) is 0.588. The van der Waals surface area contributed by atoms with Gasteiger partial charge in [0, 0.05) is 31.5 Å². The summed E-state index contributed by atoms with van der Waals surface area (Å²) in [6, 6.07) is 3.78. The Morgan fingerprint density at radius 3 is 2.37 bits per heavy atom. The highest BCUT2D eigenvalue weighted by Crippen LogP contribution is 2.34. The van der Waals surface area contributed by atoms with E-state index in [1.165, 1.54) is 12.1 Å². The van der Waals surface area contributed by atoms with Crippen molar-refractivity contribution in [2.45, 2.75) is 37.6 Å². The molecule has 2 N–H and O–H groups in total. The van der Waals surface area contributed by atoms with Crippen LogP contribution in [-0.4, -0.2) is 49.9 Å². The number of benzene rings is 1. The molecule has 0 bridgehead atoms. The second-order valence-corrected chi connectivity index (χ2v) is 9.24. The first-order valence-corrected chi connectivity index (χ1v) is 10.6. The van der Waals surface area contributed by atoms with Gasteiger partial charge < -0.3 is 15.3 Å². The van der Waals surface area contributed by atoms with Crippen molar-refractivity contribution >= 4 is 27.3 Å². The maximum Gasteiger partial charge on any atom is 0.404 e. The molecule has 27 heavy (non-hydrogen) atoms. The number of nitrogens with one attached hydrogen (secondary N) is 1. The van der Waals surface area contributed by atoms with Gasteiger partial charge in [-0.15, -0.1) is 0 Å². The van der Waals surface area contributed by atoms with Crippen molar-refractivity contribution in [2.24, 2.45) is 11.8 Å². The monoisotopic (exact) mass is 399 g/mol. The molecule has 1 aliphatic rings. The molecule has 9 nitrogen and oxygen atoms in total. The lowest BCUT2D eigenvalue weighted by Gasteiger charge is -2.38. The Balaban J connectivity index is 2.20. The summed E-state index contributed by atoms with van der Waals surface area (Å²) in [5, 5.41) is 23.1. The Hall–Kier alpha value is -2.36. The van der Waals surface area contributed by atoms with Crippen LogP contribution in [0.2, 0.25) is 0 Å². The molecule has 1 unspecified atom stereocenters. The van der Waals surface area contributed by atoms with Gasteiger partial charge in [-0.1, -0.05) is 13.8 Å². The predicted octanol–water partition coefficient (Wildman–Crippen LogP) is 2.51. The number of amides is 1. The molecule has 1 amide bonds. The number of nitro groups is 1. The molecule has 1 heterocycles. The van der Waals surface area contributed by atoms with Crippen LogP contribution < -0.4 is 10.2 Å². The molecule has 0 spiro atoms. The fourth-order valence-corrected chi connectivity index (χ4v) is 4.26. The molecule has 0 aliphatic carbocycles. The van der Waals surface area contributed by atoms with Crippen molar-refractivity contribution < 1.29 is 23.2 Å². The van der Waals surface area contributed by atoms with Gasteiger partial charge in [-0.2, -0.15) is 0 Å². The number of sulfone groups is 1. The summed E-state index contributed by atoms with van der Waals surface area (Å²) in [7, 11) is -3.53. The zero-order chi connectivity index (χ0) is 20.4. The summed E-state index contributed by atoms with van der Waals surface area (Å²) in [4.78, 5) is 23.7. The van der Waals surface area contributed by atoms with Crippen molar-refractivity contribution in [1.82, 2.24) is 5.32 Å². The average molecular weight is 399 g/mol. The number of carboxylic acid groups (broad SMARTS) is 1. The van der Waals surface area contributed by atoms with Gasteiger partial charge in [-0.25, -0.2) is 13.2 Å². The number of carbonyl (C=O) groups is 1. The lowest BCUT2D eigenvalue weighted by molar-refractivity contribution is -0.384. The Morgan fingerprint density at radius 1 is 1.33 bits per heavy atom. The maximum atomic E-state index is 11.7. The van der Waals surface area contributed by atoms with E-state index in [1.54, 1.807) is 0 Å². The lowest BCUT2D eigenvalue weighted by Crippen LogP contribution is -2.47. The molecular formula is C17H25N3O6S. The quantitative estimate of drug-likeness (QED) is 0.555. The third-order valence-corrected chi connectivity index (χ3v) is 6.08. The van der Waals surface area contributed by atoms with E-state index in [9.17, 15) is 23.3 Å². The number of nitrogens with zero attached hydrogens (tertiary/aromatic N) is 2. The zero-order valence-corrected chi connectivity index (χ0v) is 16.4. The number of hydrogen-bond donors (Lipinski definition) is 2. The molecule has 1 fully saturated rings. The van der Waals surface area contributed by atoms with Crippen LogP contribution in [0.15, 0.2) is 23.1 Å². The fourth-order valence-electron chi connectivity index (χ4n) is 3.62. The van der Waals surface area contributed by atoms with E-state index < -0.39 is 20.9 Å². The molecular weight excluding hydrogens is 374 g/mol. The van der Waals surface area contributed by atoms with Crippen molar-refractivity contribution in [3.63, 3.8) is 0 Å². The number of hydrogen-bond acceptors (Lipinski definition) is 6. The second-order valence-electron chi connectivity index (χ2n) is 7.22. The standard InChI is InChI=1S/C17H25N3O6S/c1-11(2)16(18-17(21)22)12-6-8-19(9-7-12)14-5-4-13(27(3,25)26)10-15(14)20(23)24/h4-5,10-12,16,18H,6-9H2,1-3H3,(H,21,22). The highest BCUT2D eigenvalue weighted by Gasteiger charge is 2.32. The normalized spacial score (nSPS) is 17.0. The molecule has 0 saturated carbocycles. The van der Waals surface area contributed by atoms with Crippen LogP contribution in [0.4, 0.5) is 16.2 Å². The largest absolute Gasteiger partial charge is 0.465 e. The number of piperidine rings is 1. The van der Waals surface area contributed by atoms with Crippen molar-refractivity contribution in [3.8, 4) is 0 Å². The van der Waals surface area contributed by atoms with Gasteiger partial charge in [0.25, 0.3) is 5.69 Å². The van der Waals surface area contributed by atoms with Crippen LogP contribution in [0.25, 0.3) is 0 Å². The van der Waals surface area contributed by atoms with E-state index in [4.69, 9.17) is 5.11 Å². The van der Waals surface area contributed by atoms with Gasteiger partial charge in [-0.3, -0.25) is 10.1 Å². The number of rotatable bonds is 6. The Labute approximate surface area is 158 Å². The summed E-state index contributed by atoms with van der Waals surface area (Å²) in [5.41, 5.74) is 0.151. The van der Waals surface area contributed by atoms with E-state index in [0.29, 0.717) is 31.6 Å². The van der Waals surface area contributed by atoms with Crippen molar-refractivity contribution in [2.75, 3.05) is 24.2 Å². The Morgan fingerprint density at radius 2 is 1.93 bits per heavy atom. The maximum absolute atomic E-state index is 11.7. The van der Waals surface area contributed by atoms with Crippen molar-refractivity contribution in [1.29, 1.82) is 0 Å². The summed E-state index contributed by atoms with van der Waals surface area (Å²) in [5.74, 6) is 0.285. The van der Waals surface area contributed by atoms with E-state index in [-0.39, 0.29) is 28.5 Å². The Kier molecular flexibility index (Phi) is 6.30. The van der Waals surface area contributed by atoms with Gasteiger partial charge in [-0.05, 0) is 36.8 Å². The smallest absolute Gasteiger partial charge is 0.404 e. The molecule has 1 atom stereocenters. The summed E-state index contributed by atoms with van der Waals surface area (Å²) >= 11 is 0. The van der Waals surface area contributed by atoms with Crippen molar-refractivity contribution in [3.05, 3.63) is 28.3 Å². The minimum absolute atomic E-state index is 0.0848. The minimum atomic E-state index is -3.53. The first kappa shape index (κ1) is 20.9. The third kappa shape index (κ3) is 5.09. The second kappa shape index (κ2) is 8.12. The molecule has 1 saturated heterocycles. The van der Waals surface area contributed by atoms with Gasteiger partial charge in [0.1, 0.15) is 5.69 Å². The highest BCUT2D eigenvalue weighted by molar-refractivity contribution is 7.90. The summed E-state index contributed by atoms with van der Waals surface area (Å²) in [6.45, 7) is 4.99. The molecule has 0 radical (unpaired) electrons. The van der Waals surface area contributed by atoms with Crippen LogP contribution in [0.3, 0.4) is 0 Å². The van der Waals surface area contributed by atoms with E-state index in [2.05, 4.69) is 5.32 Å². The van der Waals surface area contributed by atoms with Crippen LogP contribution in [0, 0.1) is 22.0 Å². The molecule has 0 aromatic heterocycles. The molecule has 1 aromatic rings. The summed E-state index contributed by atoms with van der Waals surface area (Å²) in [6.07, 6.45) is 1.34. The van der Waals surface area contributed by atoms with Crippen LogP contribution in [0.1, 0.15) is 26.7 Å². The minimum Gasteiger partial charge on any atom is -0.465 e. The summed E-state index contributed by atoms with van der Waals surface area (Å²) < 4.78 is 23.3. The number of anilines is 1. The van der Waals surface area contributed by atoms with E-state index in [1.807, 2.05) is 18.7 Å². The predicted molar refractivity (Wildman–Crippen MR) is 101 cm³/mol. The van der Waals surface area contributed by atoms with Crippen LogP contribution in [-0.2, 0) is 9.84 Å². The zero-order valence-electron chi connectivity index (χ0n) is 15.6. The third-order valence-electron chi connectivity index (χ3n) is 4.97. The highest BCUT2D eigenvalue weighted by atomic mass is 32.2. The SMILES string of the molecule is CC(C)C(NC(=O)O)C1CCN(c2ccc(S(C)(=O)=O)cc2[N+](=O)[O-])CC1. The first-order chi connectivity index (χ1) is 12.5. The van der Waals surface area contributed by atoms with Gasteiger partial charge in [0.15, 0.2) is 9.84 Å². The molecule has 150 valence electrons. The van der Waals surface area contributed by atoms with Gasteiger partial charge >= 0.3 is 6.09 Å². The molecule has 2 rings (SSSR count). The van der Waals surface area contributed by atoms with E-state index >= 15 is 0 Å². The lowest BCUT2D eigenvalue weighted by atomic mass is 9.83. The van der Waals surface area contributed by atoms with Crippen LogP contribution in [0.5, 0.6) is 0 Å². The molecule has 10 heteroatoms. The number of nitro benzene ring substituents is 1. The van der Waals surface area contributed by atoms with Gasteiger partial charge in [0.2, 0.25) is 0 Å². The Bertz CT molecular complexity index is 816. The van der Waals surface area contributed by atoms with E-state index in [0.717, 1.165) is 12.3 Å². The first-order valence-electron chi connectivity index (χ1n) is 8.73. The van der Waals surface area contributed by atoms with Gasteiger partial charge in [0.05, 0.1) is 9.82 Å². The molecule has 1 aliphatic heterocycles.